The van der Waals surface area contributed by atoms with Gasteiger partial charge in [0.25, 0.3) is 0 Å². The van der Waals surface area contributed by atoms with Crippen molar-refractivity contribution in [1.82, 2.24) is 20.4 Å². The van der Waals surface area contributed by atoms with E-state index in [2.05, 4.69) is 43.6 Å². The lowest BCUT2D eigenvalue weighted by atomic mass is 9.95. The summed E-state index contributed by atoms with van der Waals surface area (Å²) in [6.07, 6.45) is 5.43. The zero-order valence-corrected chi connectivity index (χ0v) is 13.1. The molecule has 1 fully saturated rings. The van der Waals surface area contributed by atoms with Gasteiger partial charge in [0.05, 0.1) is 12.2 Å². The highest BCUT2D eigenvalue weighted by atomic mass is 79.9. The fraction of sp³-hybridized carbons (Fsp3) is 0.333. The Hall–Kier alpha value is -1.82. The molecule has 1 aliphatic rings. The third-order valence-electron chi connectivity index (χ3n) is 3.76. The number of rotatable bonds is 4. The van der Waals surface area contributed by atoms with Crippen LogP contribution in [0, 0.1) is 0 Å². The minimum absolute atomic E-state index is 0.00900. The summed E-state index contributed by atoms with van der Waals surface area (Å²) in [5.74, 6) is 0. The Kier molecular flexibility index (Phi) is 4.24. The fourth-order valence-electron chi connectivity index (χ4n) is 2.52. The average molecular weight is 349 g/mol. The van der Waals surface area contributed by atoms with E-state index in [-0.39, 0.29) is 12.1 Å². The maximum atomic E-state index is 12.2. The normalized spacial score (nSPS) is 17.4. The summed E-state index contributed by atoms with van der Waals surface area (Å²) in [6.45, 7) is 1.44. The summed E-state index contributed by atoms with van der Waals surface area (Å²) in [5, 5.41) is 9.63. The van der Waals surface area contributed by atoms with Crippen LogP contribution >= 0.6 is 15.9 Å². The van der Waals surface area contributed by atoms with Gasteiger partial charge in [-0.1, -0.05) is 28.1 Å². The van der Waals surface area contributed by atoms with Crippen molar-refractivity contribution in [3.63, 3.8) is 0 Å². The maximum absolute atomic E-state index is 12.2. The van der Waals surface area contributed by atoms with Gasteiger partial charge in [-0.2, -0.15) is 5.10 Å². The van der Waals surface area contributed by atoms with E-state index < -0.39 is 0 Å². The monoisotopic (exact) mass is 348 g/mol. The number of H-pyrrole nitrogens is 1. The van der Waals surface area contributed by atoms with E-state index in [1.54, 1.807) is 6.20 Å². The number of nitrogens with zero attached hydrogens (tertiary/aromatic N) is 2. The summed E-state index contributed by atoms with van der Waals surface area (Å²) >= 11 is 3.48. The molecule has 1 aliphatic heterocycles. The standard InChI is InChI=1S/C15H17BrN4O/c16-13-3-1-2-12(8-13)14-5-7-20(14)15(21)17-6-4-11-9-18-19-10-11/h1-3,8-10,14H,4-7H2,(H,17,21)(H,18,19). The first-order chi connectivity index (χ1) is 10.2. The number of nitrogens with one attached hydrogen (secondary N) is 2. The Bertz CT molecular complexity index is 614. The van der Waals surface area contributed by atoms with Gasteiger partial charge in [0.2, 0.25) is 0 Å². The molecule has 3 rings (SSSR count). The molecule has 2 heterocycles. The molecule has 1 atom stereocenters. The number of likely N-dealkylation sites (tertiary alicyclic amines) is 1. The molecule has 110 valence electrons. The Labute approximate surface area is 131 Å². The minimum Gasteiger partial charge on any atom is -0.338 e. The second-order valence-electron chi connectivity index (χ2n) is 5.14. The number of aromatic amines is 1. The molecule has 1 unspecified atom stereocenters. The van der Waals surface area contributed by atoms with Gasteiger partial charge >= 0.3 is 6.03 Å². The van der Waals surface area contributed by atoms with E-state index >= 15 is 0 Å². The Balaban J connectivity index is 1.53. The highest BCUT2D eigenvalue weighted by molar-refractivity contribution is 9.10. The number of carbonyl (C=O) groups is 1. The van der Waals surface area contributed by atoms with Crippen LogP contribution in [0.4, 0.5) is 4.79 Å². The smallest absolute Gasteiger partial charge is 0.317 e. The molecule has 2 amide bonds. The molecule has 6 heteroatoms. The van der Waals surface area contributed by atoms with E-state index in [0.717, 1.165) is 29.4 Å². The van der Waals surface area contributed by atoms with Crippen LogP contribution in [0.3, 0.4) is 0 Å². The molecule has 1 aromatic carbocycles. The fourth-order valence-corrected chi connectivity index (χ4v) is 2.94. The summed E-state index contributed by atoms with van der Waals surface area (Å²) in [7, 11) is 0. The number of halogens is 1. The number of urea groups is 1. The van der Waals surface area contributed by atoms with Crippen molar-refractivity contribution in [2.45, 2.75) is 18.9 Å². The summed E-state index contributed by atoms with van der Waals surface area (Å²) in [5.41, 5.74) is 2.28. The van der Waals surface area contributed by atoms with Gasteiger partial charge in [-0.15, -0.1) is 0 Å². The van der Waals surface area contributed by atoms with Crippen molar-refractivity contribution in [2.24, 2.45) is 0 Å². The SMILES string of the molecule is O=C(NCCc1cn[nH]c1)N1CCC1c1cccc(Br)c1. The molecule has 0 bridgehead atoms. The Morgan fingerprint density at radius 2 is 2.43 bits per heavy atom. The van der Waals surface area contributed by atoms with E-state index in [4.69, 9.17) is 0 Å². The number of aromatic nitrogens is 2. The van der Waals surface area contributed by atoms with Crippen molar-refractivity contribution < 1.29 is 4.79 Å². The molecule has 0 aliphatic carbocycles. The van der Waals surface area contributed by atoms with Gasteiger partial charge in [-0.05, 0) is 36.1 Å². The molecular weight excluding hydrogens is 332 g/mol. The van der Waals surface area contributed by atoms with Crippen LogP contribution in [0.2, 0.25) is 0 Å². The van der Waals surface area contributed by atoms with Gasteiger partial charge in [0, 0.05) is 23.8 Å². The Morgan fingerprint density at radius 1 is 1.52 bits per heavy atom. The average Bonchev–Trinajstić information content (AvgIpc) is 2.90. The molecule has 1 aromatic heterocycles. The lowest BCUT2D eigenvalue weighted by molar-refractivity contribution is 0.115. The van der Waals surface area contributed by atoms with Crippen LogP contribution < -0.4 is 5.32 Å². The van der Waals surface area contributed by atoms with Crippen molar-refractivity contribution >= 4 is 22.0 Å². The number of carbonyl (C=O) groups excluding carboxylic acids is 1. The van der Waals surface area contributed by atoms with E-state index in [1.165, 1.54) is 5.56 Å². The second-order valence-corrected chi connectivity index (χ2v) is 6.06. The quantitative estimate of drug-likeness (QED) is 0.892. The summed E-state index contributed by atoms with van der Waals surface area (Å²) in [4.78, 5) is 14.1. The number of hydrogen-bond acceptors (Lipinski definition) is 2. The van der Waals surface area contributed by atoms with Gasteiger partial charge in [-0.3, -0.25) is 5.10 Å². The molecule has 5 nitrogen and oxygen atoms in total. The zero-order chi connectivity index (χ0) is 14.7. The topological polar surface area (TPSA) is 61.0 Å². The van der Waals surface area contributed by atoms with Crippen LogP contribution in [-0.4, -0.2) is 34.2 Å². The first-order valence-corrected chi connectivity index (χ1v) is 7.81. The molecule has 1 saturated heterocycles. The molecule has 0 spiro atoms. The van der Waals surface area contributed by atoms with Gasteiger partial charge in [0.15, 0.2) is 0 Å². The second kappa shape index (κ2) is 6.30. The van der Waals surface area contributed by atoms with Crippen molar-refractivity contribution in [3.8, 4) is 0 Å². The van der Waals surface area contributed by atoms with Gasteiger partial charge in [-0.25, -0.2) is 4.79 Å². The summed E-state index contributed by atoms with van der Waals surface area (Å²) in [6, 6.07) is 8.35. The highest BCUT2D eigenvalue weighted by Crippen LogP contribution is 2.34. The highest BCUT2D eigenvalue weighted by Gasteiger charge is 2.33. The van der Waals surface area contributed by atoms with E-state index in [1.807, 2.05) is 23.2 Å². The largest absolute Gasteiger partial charge is 0.338 e. The predicted molar refractivity (Wildman–Crippen MR) is 83.9 cm³/mol. The third-order valence-corrected chi connectivity index (χ3v) is 4.25. The first-order valence-electron chi connectivity index (χ1n) is 7.01. The number of benzene rings is 1. The van der Waals surface area contributed by atoms with Crippen molar-refractivity contribution in [2.75, 3.05) is 13.1 Å². The third kappa shape index (κ3) is 3.26. The molecule has 0 saturated carbocycles. The van der Waals surface area contributed by atoms with Crippen molar-refractivity contribution in [1.29, 1.82) is 0 Å². The predicted octanol–water partition coefficient (Wildman–Crippen LogP) is 2.87. The van der Waals surface area contributed by atoms with Crippen LogP contribution in [-0.2, 0) is 6.42 Å². The van der Waals surface area contributed by atoms with Gasteiger partial charge in [0.1, 0.15) is 0 Å². The minimum atomic E-state index is 0.00900. The van der Waals surface area contributed by atoms with E-state index in [9.17, 15) is 4.79 Å². The molecule has 0 radical (unpaired) electrons. The molecular formula is C15H17BrN4O. The summed E-state index contributed by atoms with van der Waals surface area (Å²) < 4.78 is 1.05. The lowest BCUT2D eigenvalue weighted by Gasteiger charge is -2.41. The number of amides is 2. The first kappa shape index (κ1) is 14.1. The zero-order valence-electron chi connectivity index (χ0n) is 11.6. The number of hydrogen-bond donors (Lipinski definition) is 2. The Morgan fingerprint density at radius 3 is 3.10 bits per heavy atom. The molecule has 2 aromatic rings. The lowest BCUT2D eigenvalue weighted by Crippen LogP contribution is -2.50. The molecule has 2 N–H and O–H groups in total. The van der Waals surface area contributed by atoms with Crippen molar-refractivity contribution in [3.05, 3.63) is 52.3 Å². The van der Waals surface area contributed by atoms with Crippen LogP contribution in [0.25, 0.3) is 0 Å². The van der Waals surface area contributed by atoms with Crippen LogP contribution in [0.15, 0.2) is 41.1 Å². The van der Waals surface area contributed by atoms with Crippen LogP contribution in [0.1, 0.15) is 23.6 Å². The van der Waals surface area contributed by atoms with Crippen LogP contribution in [0.5, 0.6) is 0 Å². The molecule has 21 heavy (non-hydrogen) atoms. The van der Waals surface area contributed by atoms with E-state index in [0.29, 0.717) is 6.54 Å². The van der Waals surface area contributed by atoms with Gasteiger partial charge < -0.3 is 10.2 Å². The maximum Gasteiger partial charge on any atom is 0.317 e.